The summed E-state index contributed by atoms with van der Waals surface area (Å²) in [5, 5.41) is 8.71. The Morgan fingerprint density at radius 3 is 2.30 bits per heavy atom. The van der Waals surface area contributed by atoms with Crippen molar-refractivity contribution in [3.05, 3.63) is 10.6 Å². The first-order valence-corrected chi connectivity index (χ1v) is 3.05. The van der Waals surface area contributed by atoms with Gasteiger partial charge in [0.2, 0.25) is 0 Å². The minimum absolute atomic E-state index is 0.0463. The third-order valence-corrected chi connectivity index (χ3v) is 1.19. The molecule has 0 spiro atoms. The monoisotopic (exact) mass is 164 g/mol. The summed E-state index contributed by atoms with van der Waals surface area (Å²) in [6.07, 6.45) is 0. The smallest absolute Gasteiger partial charge is 0.335 e. The van der Waals surface area contributed by atoms with Gasteiger partial charge in [0.05, 0.1) is 12.2 Å². The number of hydrogen-bond donors (Lipinski definition) is 1. The quantitative estimate of drug-likeness (QED) is 0.639. The Labute approximate surface area is 64.2 Å². The van der Waals surface area contributed by atoms with Crippen LogP contribution in [0.25, 0.3) is 0 Å². The Kier molecular flexibility index (Phi) is 4.07. The van der Waals surface area contributed by atoms with Crippen LogP contribution in [0.3, 0.4) is 0 Å². The zero-order valence-electron chi connectivity index (χ0n) is 5.85. The third kappa shape index (κ3) is 2.85. The lowest BCUT2D eigenvalue weighted by molar-refractivity contribution is -0.133. The molecule has 0 bridgehead atoms. The number of ether oxygens (including phenoxy) is 1. The number of carboxylic acids is 1. The second-order valence-corrected chi connectivity index (χ2v) is 2.32. The summed E-state index contributed by atoms with van der Waals surface area (Å²) in [6.45, 7) is 1.56. The van der Waals surface area contributed by atoms with Crippen LogP contribution in [-0.4, -0.2) is 24.8 Å². The number of carbonyl (C=O) groups is 1. The first-order chi connectivity index (χ1) is 4.59. The number of allylic oxidation sites excluding steroid dienone is 1. The third-order valence-electron chi connectivity index (χ3n) is 0.963. The van der Waals surface area contributed by atoms with Crippen molar-refractivity contribution in [2.75, 3.05) is 13.7 Å². The molecule has 0 unspecified atom stereocenters. The van der Waals surface area contributed by atoms with Crippen LogP contribution in [-0.2, 0) is 9.53 Å². The Hall–Kier alpha value is -0.540. The van der Waals surface area contributed by atoms with Gasteiger partial charge in [0.25, 0.3) is 0 Å². The maximum atomic E-state index is 10.3. The van der Waals surface area contributed by atoms with E-state index in [1.165, 1.54) is 14.0 Å². The van der Waals surface area contributed by atoms with Gasteiger partial charge in [-0.25, -0.2) is 4.79 Å². The first kappa shape index (κ1) is 9.46. The summed E-state index contributed by atoms with van der Waals surface area (Å²) in [5.41, 5.74) is 0.101. The second kappa shape index (κ2) is 4.30. The molecule has 0 fully saturated rings. The predicted molar refractivity (Wildman–Crippen MR) is 38.1 cm³/mol. The van der Waals surface area contributed by atoms with Crippen molar-refractivity contribution in [3.8, 4) is 0 Å². The van der Waals surface area contributed by atoms with E-state index in [1.807, 2.05) is 0 Å². The SMILES string of the molecule is COC/C(C(=O)O)=C(/C)Cl. The number of rotatable bonds is 3. The van der Waals surface area contributed by atoms with E-state index < -0.39 is 5.97 Å². The summed E-state index contributed by atoms with van der Waals surface area (Å²) in [4.78, 5) is 10.3. The highest BCUT2D eigenvalue weighted by atomic mass is 35.5. The Bertz CT molecular complexity index is 158. The molecule has 0 saturated heterocycles. The predicted octanol–water partition coefficient (Wildman–Crippen LogP) is 1.23. The van der Waals surface area contributed by atoms with Gasteiger partial charge in [-0.2, -0.15) is 0 Å². The Morgan fingerprint density at radius 1 is 1.70 bits per heavy atom. The molecule has 58 valence electrons. The summed E-state index contributed by atoms with van der Waals surface area (Å²) < 4.78 is 4.60. The van der Waals surface area contributed by atoms with Crippen molar-refractivity contribution < 1.29 is 14.6 Å². The van der Waals surface area contributed by atoms with Crippen molar-refractivity contribution in [1.82, 2.24) is 0 Å². The van der Waals surface area contributed by atoms with Gasteiger partial charge in [0.15, 0.2) is 0 Å². The van der Waals surface area contributed by atoms with E-state index in [4.69, 9.17) is 16.7 Å². The lowest BCUT2D eigenvalue weighted by Crippen LogP contribution is -2.07. The van der Waals surface area contributed by atoms with Crippen LogP contribution in [0.5, 0.6) is 0 Å². The average Bonchev–Trinajstić information content (AvgIpc) is 1.81. The van der Waals surface area contributed by atoms with Crippen LogP contribution in [0.2, 0.25) is 0 Å². The van der Waals surface area contributed by atoms with Gasteiger partial charge in [0.1, 0.15) is 0 Å². The van der Waals surface area contributed by atoms with Gasteiger partial charge in [-0.15, -0.1) is 0 Å². The van der Waals surface area contributed by atoms with Crippen molar-refractivity contribution in [3.63, 3.8) is 0 Å². The molecule has 0 atom stereocenters. The molecular weight excluding hydrogens is 156 g/mol. The summed E-state index contributed by atoms with van der Waals surface area (Å²) in [5.74, 6) is -1.03. The minimum Gasteiger partial charge on any atom is -0.478 e. The van der Waals surface area contributed by atoms with Gasteiger partial charge in [-0.05, 0) is 6.92 Å². The molecule has 0 aromatic heterocycles. The molecule has 3 nitrogen and oxygen atoms in total. The average molecular weight is 165 g/mol. The van der Waals surface area contributed by atoms with Crippen LogP contribution in [0.1, 0.15) is 6.92 Å². The van der Waals surface area contributed by atoms with Gasteiger partial charge < -0.3 is 9.84 Å². The number of methoxy groups -OCH3 is 1. The molecule has 0 radical (unpaired) electrons. The zero-order valence-corrected chi connectivity index (χ0v) is 6.60. The van der Waals surface area contributed by atoms with Gasteiger partial charge in [-0.1, -0.05) is 11.6 Å². The standard InChI is InChI=1S/C6H9ClO3/c1-4(7)5(3-10-2)6(8)9/h3H2,1-2H3,(H,8,9)/b5-4+. The summed E-state index contributed by atoms with van der Waals surface area (Å²) in [6, 6.07) is 0. The van der Waals surface area contributed by atoms with Gasteiger partial charge in [0, 0.05) is 12.1 Å². The first-order valence-electron chi connectivity index (χ1n) is 2.67. The molecule has 0 aliphatic carbocycles. The van der Waals surface area contributed by atoms with Crippen LogP contribution in [0, 0.1) is 0 Å². The fourth-order valence-electron chi connectivity index (χ4n) is 0.453. The molecule has 0 rings (SSSR count). The maximum absolute atomic E-state index is 10.3. The number of carboxylic acid groups (broad SMARTS) is 1. The number of hydrogen-bond acceptors (Lipinski definition) is 2. The van der Waals surface area contributed by atoms with E-state index in [2.05, 4.69) is 4.74 Å². The zero-order chi connectivity index (χ0) is 8.15. The molecule has 0 aromatic rings. The van der Waals surface area contributed by atoms with E-state index in [-0.39, 0.29) is 17.2 Å². The fourth-order valence-corrected chi connectivity index (χ4v) is 0.588. The normalized spacial score (nSPS) is 12.7. The minimum atomic E-state index is -1.03. The van der Waals surface area contributed by atoms with E-state index in [1.54, 1.807) is 0 Å². The molecule has 1 N–H and O–H groups in total. The molecule has 0 amide bonds. The Morgan fingerprint density at radius 2 is 2.20 bits per heavy atom. The molecule has 4 heteroatoms. The van der Waals surface area contributed by atoms with Crippen LogP contribution < -0.4 is 0 Å². The van der Waals surface area contributed by atoms with E-state index in [9.17, 15) is 4.79 Å². The highest BCUT2D eigenvalue weighted by Crippen LogP contribution is 2.08. The lowest BCUT2D eigenvalue weighted by atomic mass is 10.3. The summed E-state index contributed by atoms with van der Waals surface area (Å²) >= 11 is 5.44. The molecule has 0 aromatic carbocycles. The van der Waals surface area contributed by atoms with E-state index >= 15 is 0 Å². The number of halogens is 1. The molecule has 0 heterocycles. The highest BCUT2D eigenvalue weighted by Gasteiger charge is 2.08. The van der Waals surface area contributed by atoms with E-state index in [0.717, 1.165) is 0 Å². The molecule has 0 saturated carbocycles. The van der Waals surface area contributed by atoms with Crippen LogP contribution >= 0.6 is 11.6 Å². The van der Waals surface area contributed by atoms with Crippen molar-refractivity contribution in [1.29, 1.82) is 0 Å². The topological polar surface area (TPSA) is 46.5 Å². The van der Waals surface area contributed by atoms with E-state index in [0.29, 0.717) is 0 Å². The van der Waals surface area contributed by atoms with Crippen molar-refractivity contribution >= 4 is 17.6 Å². The molecule has 0 aliphatic heterocycles. The summed E-state index contributed by atoms with van der Waals surface area (Å²) in [7, 11) is 1.42. The van der Waals surface area contributed by atoms with Crippen molar-refractivity contribution in [2.24, 2.45) is 0 Å². The van der Waals surface area contributed by atoms with Gasteiger partial charge >= 0.3 is 5.97 Å². The highest BCUT2D eigenvalue weighted by molar-refractivity contribution is 6.31. The Balaban J connectivity index is 4.28. The maximum Gasteiger partial charge on any atom is 0.335 e. The molecule has 10 heavy (non-hydrogen) atoms. The fraction of sp³-hybridized carbons (Fsp3) is 0.500. The van der Waals surface area contributed by atoms with Crippen LogP contribution in [0.15, 0.2) is 10.6 Å². The largest absolute Gasteiger partial charge is 0.478 e. The van der Waals surface area contributed by atoms with Crippen LogP contribution in [0.4, 0.5) is 0 Å². The second-order valence-electron chi connectivity index (χ2n) is 1.75. The number of aliphatic carboxylic acids is 1. The van der Waals surface area contributed by atoms with Crippen molar-refractivity contribution in [2.45, 2.75) is 6.92 Å². The van der Waals surface area contributed by atoms with Gasteiger partial charge in [-0.3, -0.25) is 0 Å². The lowest BCUT2D eigenvalue weighted by Gasteiger charge is -1.99. The molecule has 0 aliphatic rings. The molecular formula is C6H9ClO3.